The van der Waals surface area contributed by atoms with Gasteiger partial charge in [-0.15, -0.1) is 0 Å². The standard InChI is InChI=1S/C8H13F3N2O/c1-4(2)6-7(14)12-3-5(13-6)8(9,10)11/h4-6,13H,3H2,1-2H3,(H,12,14). The lowest BCUT2D eigenvalue weighted by molar-refractivity contribution is -0.164. The molecule has 0 spiro atoms. The molecule has 0 aromatic carbocycles. The highest BCUT2D eigenvalue weighted by Crippen LogP contribution is 2.22. The van der Waals surface area contributed by atoms with Gasteiger partial charge in [0.05, 0.1) is 6.04 Å². The van der Waals surface area contributed by atoms with E-state index in [1.165, 1.54) is 0 Å². The zero-order valence-corrected chi connectivity index (χ0v) is 7.98. The number of rotatable bonds is 1. The van der Waals surface area contributed by atoms with Gasteiger partial charge in [0, 0.05) is 6.54 Å². The van der Waals surface area contributed by atoms with E-state index in [4.69, 9.17) is 0 Å². The topological polar surface area (TPSA) is 41.1 Å². The smallest absolute Gasteiger partial charge is 0.353 e. The van der Waals surface area contributed by atoms with Crippen molar-refractivity contribution in [3.8, 4) is 0 Å². The monoisotopic (exact) mass is 210 g/mol. The minimum absolute atomic E-state index is 0.153. The predicted molar refractivity (Wildman–Crippen MR) is 44.6 cm³/mol. The number of carbonyl (C=O) groups excluding carboxylic acids is 1. The van der Waals surface area contributed by atoms with Gasteiger partial charge in [0.1, 0.15) is 6.04 Å². The fraction of sp³-hybridized carbons (Fsp3) is 0.875. The first-order valence-electron chi connectivity index (χ1n) is 4.43. The summed E-state index contributed by atoms with van der Waals surface area (Å²) in [5.41, 5.74) is 0. The molecule has 1 fully saturated rings. The van der Waals surface area contributed by atoms with Crippen LogP contribution in [0.2, 0.25) is 0 Å². The summed E-state index contributed by atoms with van der Waals surface area (Å²) in [4.78, 5) is 11.2. The van der Waals surface area contributed by atoms with Crippen molar-refractivity contribution in [2.75, 3.05) is 6.54 Å². The van der Waals surface area contributed by atoms with E-state index in [0.29, 0.717) is 0 Å². The molecule has 1 saturated heterocycles. The molecule has 14 heavy (non-hydrogen) atoms. The van der Waals surface area contributed by atoms with E-state index in [9.17, 15) is 18.0 Å². The van der Waals surface area contributed by atoms with Gasteiger partial charge in [-0.25, -0.2) is 0 Å². The summed E-state index contributed by atoms with van der Waals surface area (Å²) in [7, 11) is 0. The third-order valence-corrected chi connectivity index (χ3v) is 2.21. The fourth-order valence-electron chi connectivity index (χ4n) is 1.37. The van der Waals surface area contributed by atoms with Gasteiger partial charge in [0.25, 0.3) is 0 Å². The minimum atomic E-state index is -4.30. The number of carbonyl (C=O) groups is 1. The average molecular weight is 210 g/mol. The van der Waals surface area contributed by atoms with E-state index in [2.05, 4.69) is 10.6 Å². The van der Waals surface area contributed by atoms with Crippen molar-refractivity contribution in [3.63, 3.8) is 0 Å². The van der Waals surface area contributed by atoms with Crippen molar-refractivity contribution in [1.29, 1.82) is 0 Å². The van der Waals surface area contributed by atoms with Crippen LogP contribution < -0.4 is 10.6 Å². The second-order valence-corrected chi connectivity index (χ2v) is 3.73. The Balaban J connectivity index is 2.67. The first-order chi connectivity index (χ1) is 6.32. The van der Waals surface area contributed by atoms with Gasteiger partial charge < -0.3 is 5.32 Å². The Morgan fingerprint density at radius 1 is 1.43 bits per heavy atom. The summed E-state index contributed by atoms with van der Waals surface area (Å²) in [5.74, 6) is -0.513. The molecule has 1 amide bonds. The van der Waals surface area contributed by atoms with Crippen LogP contribution in [0, 0.1) is 5.92 Å². The molecule has 0 aliphatic carbocycles. The summed E-state index contributed by atoms with van der Waals surface area (Å²) in [6.07, 6.45) is -4.30. The molecule has 0 saturated carbocycles. The molecule has 2 atom stereocenters. The van der Waals surface area contributed by atoms with Crippen molar-refractivity contribution >= 4 is 5.91 Å². The molecule has 0 bridgehead atoms. The molecule has 0 radical (unpaired) electrons. The summed E-state index contributed by atoms with van der Waals surface area (Å²) in [5, 5.41) is 4.55. The Bertz CT molecular complexity index is 227. The first kappa shape index (κ1) is 11.3. The second kappa shape index (κ2) is 3.76. The van der Waals surface area contributed by atoms with Crippen LogP contribution in [0.1, 0.15) is 13.8 Å². The molecule has 6 heteroatoms. The Kier molecular flexibility index (Phi) is 3.04. The molecule has 1 aliphatic rings. The van der Waals surface area contributed by atoms with E-state index < -0.39 is 18.3 Å². The number of hydrogen-bond donors (Lipinski definition) is 2. The molecule has 0 aromatic heterocycles. The van der Waals surface area contributed by atoms with E-state index in [1.807, 2.05) is 0 Å². The van der Waals surface area contributed by atoms with E-state index >= 15 is 0 Å². The number of amides is 1. The van der Waals surface area contributed by atoms with Crippen molar-refractivity contribution in [2.45, 2.75) is 32.1 Å². The van der Waals surface area contributed by atoms with Crippen LogP contribution in [0.3, 0.4) is 0 Å². The molecule has 0 aromatic rings. The normalized spacial score (nSPS) is 29.1. The van der Waals surface area contributed by atoms with Crippen LogP contribution in [0.4, 0.5) is 13.2 Å². The van der Waals surface area contributed by atoms with Crippen molar-refractivity contribution < 1.29 is 18.0 Å². The first-order valence-corrected chi connectivity index (χ1v) is 4.43. The van der Waals surface area contributed by atoms with Crippen LogP contribution in [-0.4, -0.2) is 30.7 Å². The summed E-state index contributed by atoms with van der Waals surface area (Å²) < 4.78 is 36.9. The van der Waals surface area contributed by atoms with Crippen molar-refractivity contribution in [1.82, 2.24) is 10.6 Å². The van der Waals surface area contributed by atoms with Gasteiger partial charge in [-0.2, -0.15) is 13.2 Å². The van der Waals surface area contributed by atoms with Gasteiger partial charge in [0.15, 0.2) is 0 Å². The molecular formula is C8H13F3N2O. The maximum Gasteiger partial charge on any atom is 0.405 e. The lowest BCUT2D eigenvalue weighted by Gasteiger charge is -2.33. The Labute approximate surface area is 80.0 Å². The zero-order valence-electron chi connectivity index (χ0n) is 7.98. The van der Waals surface area contributed by atoms with Gasteiger partial charge in [-0.05, 0) is 5.92 Å². The van der Waals surface area contributed by atoms with Gasteiger partial charge in [-0.3, -0.25) is 10.1 Å². The van der Waals surface area contributed by atoms with Crippen molar-refractivity contribution in [2.24, 2.45) is 5.92 Å². The Hall–Kier alpha value is -0.780. The number of piperazine rings is 1. The summed E-state index contributed by atoms with van der Waals surface area (Å²) in [6.45, 7) is 3.03. The van der Waals surface area contributed by atoms with Crippen LogP contribution in [0.15, 0.2) is 0 Å². The summed E-state index contributed by atoms with van der Waals surface area (Å²) >= 11 is 0. The second-order valence-electron chi connectivity index (χ2n) is 3.73. The van der Waals surface area contributed by atoms with E-state index in [0.717, 1.165) is 0 Å². The molecule has 2 N–H and O–H groups in total. The SMILES string of the molecule is CC(C)C1NC(C(F)(F)F)CNC1=O. The third-order valence-electron chi connectivity index (χ3n) is 2.21. The Morgan fingerprint density at radius 2 is 2.00 bits per heavy atom. The lowest BCUT2D eigenvalue weighted by atomic mass is 9.99. The van der Waals surface area contributed by atoms with Gasteiger partial charge in [0.2, 0.25) is 5.91 Å². The minimum Gasteiger partial charge on any atom is -0.353 e. The molecule has 2 unspecified atom stereocenters. The number of alkyl halides is 3. The number of nitrogens with one attached hydrogen (secondary N) is 2. The number of hydrogen-bond acceptors (Lipinski definition) is 2. The maximum atomic E-state index is 12.3. The van der Waals surface area contributed by atoms with Gasteiger partial charge >= 0.3 is 6.18 Å². The fourth-order valence-corrected chi connectivity index (χ4v) is 1.37. The Morgan fingerprint density at radius 3 is 2.43 bits per heavy atom. The molecule has 1 heterocycles. The maximum absolute atomic E-state index is 12.3. The molecule has 1 rings (SSSR count). The van der Waals surface area contributed by atoms with Crippen LogP contribution in [0.5, 0.6) is 0 Å². The molecule has 82 valence electrons. The third kappa shape index (κ3) is 2.37. The molecule has 3 nitrogen and oxygen atoms in total. The van der Waals surface area contributed by atoms with E-state index in [-0.39, 0.29) is 18.4 Å². The van der Waals surface area contributed by atoms with Crippen LogP contribution in [-0.2, 0) is 4.79 Å². The lowest BCUT2D eigenvalue weighted by Crippen LogP contribution is -2.64. The zero-order chi connectivity index (χ0) is 10.9. The average Bonchev–Trinajstić information content (AvgIpc) is 2.02. The van der Waals surface area contributed by atoms with Crippen LogP contribution in [0.25, 0.3) is 0 Å². The summed E-state index contributed by atoms with van der Waals surface area (Å²) in [6, 6.07) is -2.39. The molecular weight excluding hydrogens is 197 g/mol. The molecule has 1 aliphatic heterocycles. The highest BCUT2D eigenvalue weighted by atomic mass is 19.4. The van der Waals surface area contributed by atoms with Crippen molar-refractivity contribution in [3.05, 3.63) is 0 Å². The highest BCUT2D eigenvalue weighted by Gasteiger charge is 2.44. The highest BCUT2D eigenvalue weighted by molar-refractivity contribution is 5.82. The van der Waals surface area contributed by atoms with Crippen LogP contribution >= 0.6 is 0 Å². The largest absolute Gasteiger partial charge is 0.405 e. The quantitative estimate of drug-likeness (QED) is 0.667. The predicted octanol–water partition coefficient (Wildman–Crippen LogP) is 0.661. The van der Waals surface area contributed by atoms with Gasteiger partial charge in [-0.1, -0.05) is 13.8 Å². The van der Waals surface area contributed by atoms with E-state index in [1.54, 1.807) is 13.8 Å². The number of halogens is 3.